The Morgan fingerprint density at radius 2 is 2.24 bits per heavy atom. The first kappa shape index (κ1) is 17.2. The van der Waals surface area contributed by atoms with Crippen LogP contribution in [0.3, 0.4) is 0 Å². The van der Waals surface area contributed by atoms with Gasteiger partial charge in [0.25, 0.3) is 0 Å². The van der Waals surface area contributed by atoms with Gasteiger partial charge in [-0.3, -0.25) is 4.79 Å². The van der Waals surface area contributed by atoms with Crippen LogP contribution >= 0.6 is 11.3 Å². The number of nitrogens with one attached hydrogen (secondary N) is 1. The number of para-hydroxylation sites is 1. The molecule has 0 radical (unpaired) electrons. The highest BCUT2D eigenvalue weighted by Crippen LogP contribution is 2.30. The molecule has 0 aliphatic carbocycles. The van der Waals surface area contributed by atoms with Gasteiger partial charge in [-0.25, -0.2) is 9.78 Å². The summed E-state index contributed by atoms with van der Waals surface area (Å²) in [4.78, 5) is 27.5. The third kappa shape index (κ3) is 3.43. The fourth-order valence-corrected chi connectivity index (χ4v) is 3.17. The lowest BCUT2D eigenvalue weighted by atomic mass is 9.72. The van der Waals surface area contributed by atoms with Crippen LogP contribution < -0.4 is 21.4 Å². The average Bonchev–Trinajstić information content (AvgIpc) is 3.00. The molecule has 2 heterocycles. The summed E-state index contributed by atoms with van der Waals surface area (Å²) < 4.78 is 5.31. The maximum Gasteiger partial charge on any atom is 0.547 e. The third-order valence-corrected chi connectivity index (χ3v) is 4.51. The normalized spacial score (nSPS) is 17.4. The van der Waals surface area contributed by atoms with E-state index in [-0.39, 0.29) is 17.7 Å². The van der Waals surface area contributed by atoms with Crippen LogP contribution in [0.15, 0.2) is 23.6 Å². The van der Waals surface area contributed by atoms with E-state index in [9.17, 15) is 19.7 Å². The molecule has 1 aliphatic heterocycles. The Morgan fingerprint density at radius 3 is 2.88 bits per heavy atom. The van der Waals surface area contributed by atoms with Crippen molar-refractivity contribution in [1.29, 1.82) is 0 Å². The molecule has 7 N–H and O–H groups in total. The number of carbonyl (C=O) groups is 2. The van der Waals surface area contributed by atoms with E-state index < -0.39 is 31.0 Å². The highest BCUT2D eigenvalue weighted by atomic mass is 32.1. The van der Waals surface area contributed by atoms with Gasteiger partial charge in [0.2, 0.25) is 5.91 Å². The van der Waals surface area contributed by atoms with Gasteiger partial charge in [-0.15, -0.1) is 11.3 Å². The number of nitrogens with two attached hydrogens (primary N) is 2. The average molecular weight is 362 g/mol. The minimum Gasteiger partial charge on any atom is -0.534 e. The highest BCUT2D eigenvalue weighted by Gasteiger charge is 2.38. The lowest BCUT2D eigenvalue weighted by Crippen LogP contribution is -2.54. The topological polar surface area (TPSA) is 161 Å². The largest absolute Gasteiger partial charge is 0.547 e. The predicted octanol–water partition coefficient (Wildman–Crippen LogP) is -0.437. The Labute approximate surface area is 146 Å². The standard InChI is InChI=1S/C14H15BN4O5S/c16-10(8-5-25-14(17)18-8)12(20)19-9-4-6-2-1-3-7(13(21)22)11(6)24-15(9)23/h1-3,5,9-10,23H,4,16H2,(H2,17,18)(H,19,20)(H,21,22). The smallest absolute Gasteiger partial charge is 0.534 e. The number of carboxylic acids is 1. The number of aromatic nitrogens is 1. The molecule has 0 fully saturated rings. The molecule has 25 heavy (non-hydrogen) atoms. The number of carbonyl (C=O) groups excluding carboxylic acids is 1. The van der Waals surface area contributed by atoms with Crippen molar-refractivity contribution in [2.45, 2.75) is 18.4 Å². The summed E-state index contributed by atoms with van der Waals surface area (Å²) in [5.74, 6) is -2.37. The van der Waals surface area contributed by atoms with Gasteiger partial charge in [-0.2, -0.15) is 0 Å². The fourth-order valence-electron chi connectivity index (χ4n) is 2.57. The maximum atomic E-state index is 12.3. The second kappa shape index (κ2) is 6.71. The molecule has 2 unspecified atom stereocenters. The predicted molar refractivity (Wildman–Crippen MR) is 91.1 cm³/mol. The number of hydrogen-bond donors (Lipinski definition) is 5. The number of nitrogens with zero attached hydrogens (tertiary/aromatic N) is 1. The van der Waals surface area contributed by atoms with E-state index in [0.717, 1.165) is 0 Å². The molecule has 0 saturated heterocycles. The van der Waals surface area contributed by atoms with Crippen molar-refractivity contribution < 1.29 is 24.4 Å². The molecule has 2 atom stereocenters. The summed E-state index contributed by atoms with van der Waals surface area (Å²) in [6, 6.07) is 3.60. The quantitative estimate of drug-likeness (QED) is 0.458. The maximum absolute atomic E-state index is 12.3. The molecule has 0 bridgehead atoms. The van der Waals surface area contributed by atoms with Crippen LogP contribution in [0.1, 0.15) is 27.7 Å². The van der Waals surface area contributed by atoms with Crippen molar-refractivity contribution >= 4 is 35.5 Å². The van der Waals surface area contributed by atoms with Crippen molar-refractivity contribution in [3.05, 3.63) is 40.4 Å². The lowest BCUT2D eigenvalue weighted by molar-refractivity contribution is -0.123. The van der Waals surface area contributed by atoms with E-state index in [1.54, 1.807) is 17.5 Å². The van der Waals surface area contributed by atoms with Gasteiger partial charge in [0.15, 0.2) is 5.13 Å². The first-order chi connectivity index (χ1) is 11.9. The molecule has 9 nitrogen and oxygen atoms in total. The third-order valence-electron chi connectivity index (χ3n) is 3.82. The summed E-state index contributed by atoms with van der Waals surface area (Å²) in [5, 5.41) is 23.8. The van der Waals surface area contributed by atoms with Crippen molar-refractivity contribution in [2.24, 2.45) is 5.73 Å². The number of rotatable bonds is 4. The fraction of sp³-hybridized carbons (Fsp3) is 0.214. The molecule has 11 heteroatoms. The Balaban J connectivity index is 1.75. The number of aromatic carboxylic acids is 1. The van der Waals surface area contributed by atoms with E-state index in [1.165, 1.54) is 17.4 Å². The molecule has 3 rings (SSSR count). The Kier molecular flexibility index (Phi) is 4.62. The van der Waals surface area contributed by atoms with Gasteiger partial charge in [0.1, 0.15) is 11.8 Å². The molecule has 0 saturated carbocycles. The van der Waals surface area contributed by atoms with E-state index in [1.807, 2.05) is 0 Å². The Bertz CT molecular complexity index is 829. The summed E-state index contributed by atoms with van der Waals surface area (Å²) >= 11 is 1.17. The van der Waals surface area contributed by atoms with Crippen LogP contribution in [0.5, 0.6) is 5.75 Å². The van der Waals surface area contributed by atoms with E-state index in [0.29, 0.717) is 16.4 Å². The Morgan fingerprint density at radius 1 is 1.48 bits per heavy atom. The van der Waals surface area contributed by atoms with Crippen molar-refractivity contribution in [3.8, 4) is 5.75 Å². The first-order valence-electron chi connectivity index (χ1n) is 7.33. The van der Waals surface area contributed by atoms with E-state index in [2.05, 4.69) is 10.3 Å². The SMILES string of the molecule is Nc1nc(C(N)C(=O)NC2Cc3cccc(C(=O)O)c3OB2O)cs1. The molecule has 1 aromatic carbocycles. The summed E-state index contributed by atoms with van der Waals surface area (Å²) in [7, 11) is -1.40. The van der Waals surface area contributed by atoms with Crippen LogP contribution in [-0.2, 0) is 11.2 Å². The first-order valence-corrected chi connectivity index (χ1v) is 8.21. The molecular formula is C14H15BN4O5S. The van der Waals surface area contributed by atoms with Crippen LogP contribution in [-0.4, -0.2) is 40.1 Å². The molecule has 0 spiro atoms. The molecule has 1 aliphatic rings. The zero-order valence-corrected chi connectivity index (χ0v) is 13.7. The molecular weight excluding hydrogens is 347 g/mol. The summed E-state index contributed by atoms with van der Waals surface area (Å²) in [6.45, 7) is 0. The van der Waals surface area contributed by atoms with Crippen LogP contribution in [0.2, 0.25) is 0 Å². The number of amides is 1. The van der Waals surface area contributed by atoms with E-state index >= 15 is 0 Å². The minimum absolute atomic E-state index is 0.0454. The van der Waals surface area contributed by atoms with Gasteiger partial charge < -0.3 is 31.6 Å². The minimum atomic E-state index is -1.40. The molecule has 1 amide bonds. The Hall–Kier alpha value is -2.63. The monoisotopic (exact) mass is 362 g/mol. The zero-order valence-electron chi connectivity index (χ0n) is 12.9. The second-order valence-electron chi connectivity index (χ2n) is 5.51. The van der Waals surface area contributed by atoms with Gasteiger partial charge >= 0.3 is 13.1 Å². The number of fused-ring (bicyclic) bond motifs is 1. The van der Waals surface area contributed by atoms with Crippen LogP contribution in [0.4, 0.5) is 5.13 Å². The molecule has 2 aromatic rings. The summed E-state index contributed by atoms with van der Waals surface area (Å²) in [6.07, 6.45) is 0.204. The number of anilines is 1. The van der Waals surface area contributed by atoms with Gasteiger partial charge in [0.05, 0.1) is 17.2 Å². The molecule has 1 aromatic heterocycles. The lowest BCUT2D eigenvalue weighted by Gasteiger charge is -2.29. The number of thiazole rings is 1. The van der Waals surface area contributed by atoms with Crippen LogP contribution in [0.25, 0.3) is 0 Å². The zero-order chi connectivity index (χ0) is 18.1. The van der Waals surface area contributed by atoms with E-state index in [4.69, 9.17) is 16.1 Å². The molecule has 130 valence electrons. The van der Waals surface area contributed by atoms with Crippen LogP contribution in [0, 0.1) is 0 Å². The number of carboxylic acid groups (broad SMARTS) is 1. The number of benzene rings is 1. The second-order valence-corrected chi connectivity index (χ2v) is 6.40. The number of hydrogen-bond acceptors (Lipinski definition) is 8. The van der Waals surface area contributed by atoms with Gasteiger partial charge in [-0.1, -0.05) is 12.1 Å². The highest BCUT2D eigenvalue weighted by molar-refractivity contribution is 7.13. The van der Waals surface area contributed by atoms with Gasteiger partial charge in [-0.05, 0) is 18.1 Å². The number of nitrogen functional groups attached to an aromatic ring is 1. The van der Waals surface area contributed by atoms with Crippen molar-refractivity contribution in [2.75, 3.05) is 5.73 Å². The van der Waals surface area contributed by atoms with Gasteiger partial charge in [0, 0.05) is 5.38 Å². The van der Waals surface area contributed by atoms with Crippen molar-refractivity contribution in [3.63, 3.8) is 0 Å². The van der Waals surface area contributed by atoms with Crippen molar-refractivity contribution in [1.82, 2.24) is 10.3 Å². The summed E-state index contributed by atoms with van der Waals surface area (Å²) in [5.41, 5.74) is 12.2.